The number of nitrogens with one attached hydrogen (secondary N) is 1. The van der Waals surface area contributed by atoms with Crippen molar-refractivity contribution in [2.24, 2.45) is 0 Å². The van der Waals surface area contributed by atoms with Crippen molar-refractivity contribution in [1.29, 1.82) is 0 Å². The van der Waals surface area contributed by atoms with Gasteiger partial charge in [0, 0.05) is 46.8 Å². The van der Waals surface area contributed by atoms with Crippen LogP contribution in [0.2, 0.25) is 10.0 Å². The first kappa shape index (κ1) is 18.6. The number of aromatic nitrogens is 2. The molecule has 6 heteroatoms. The molecule has 1 aliphatic heterocycles. The summed E-state index contributed by atoms with van der Waals surface area (Å²) < 4.78 is 2.05. The van der Waals surface area contributed by atoms with E-state index < -0.39 is 0 Å². The normalized spacial score (nSPS) is 18.8. The zero-order chi connectivity index (χ0) is 19.0. The van der Waals surface area contributed by atoms with Gasteiger partial charge in [0.25, 0.3) is 0 Å². The molecule has 0 saturated carbocycles. The van der Waals surface area contributed by atoms with Crippen LogP contribution in [0.4, 0.5) is 5.69 Å². The lowest BCUT2D eigenvalue weighted by Gasteiger charge is -2.35. The van der Waals surface area contributed by atoms with E-state index in [1.807, 2.05) is 23.0 Å². The summed E-state index contributed by atoms with van der Waals surface area (Å²) in [7, 11) is 0. The number of rotatable bonds is 4. The first-order valence-electron chi connectivity index (χ1n) is 9.47. The van der Waals surface area contributed by atoms with E-state index in [-0.39, 0.29) is 6.04 Å². The highest BCUT2D eigenvalue weighted by molar-refractivity contribution is 6.35. The van der Waals surface area contributed by atoms with Gasteiger partial charge in [0.05, 0.1) is 17.8 Å². The predicted octanol–water partition coefficient (Wildman–Crippen LogP) is 5.14. The van der Waals surface area contributed by atoms with Gasteiger partial charge in [0.1, 0.15) is 0 Å². The van der Waals surface area contributed by atoms with Crippen LogP contribution in [-0.2, 0) is 0 Å². The molecular weight excluding hydrogens is 379 g/mol. The van der Waals surface area contributed by atoms with Crippen LogP contribution in [0.3, 0.4) is 0 Å². The van der Waals surface area contributed by atoms with Crippen molar-refractivity contribution in [2.75, 3.05) is 24.5 Å². The van der Waals surface area contributed by atoms with Gasteiger partial charge in [-0.1, -0.05) is 36.2 Å². The number of hydrogen-bond acceptors (Lipinski definition) is 3. The van der Waals surface area contributed by atoms with Crippen LogP contribution in [0, 0.1) is 0 Å². The molecule has 142 valence electrons. The molecule has 2 atom stereocenters. The van der Waals surface area contributed by atoms with Gasteiger partial charge >= 0.3 is 0 Å². The smallest absolute Gasteiger partial charge is 0.0761 e. The third kappa shape index (κ3) is 3.66. The van der Waals surface area contributed by atoms with Crippen LogP contribution < -0.4 is 10.2 Å². The minimum Gasteiger partial charge on any atom is -0.369 e. The highest BCUT2D eigenvalue weighted by Gasteiger charge is 2.20. The maximum Gasteiger partial charge on any atom is 0.0761 e. The van der Waals surface area contributed by atoms with Crippen molar-refractivity contribution in [3.8, 4) is 0 Å². The first-order chi connectivity index (χ1) is 13.1. The first-order valence-corrected chi connectivity index (χ1v) is 10.2. The molecule has 0 aliphatic carbocycles. The SMILES string of the molecule is CC[C@@H]1CN(c2ccc3cnn(C(C)c4ccc(Cl)cc4Cl)c3c2)CCN1. The average molecular weight is 403 g/mol. The number of benzene rings is 2. The van der Waals surface area contributed by atoms with Crippen LogP contribution in [0.5, 0.6) is 0 Å². The fourth-order valence-electron chi connectivity index (χ4n) is 3.84. The third-order valence-corrected chi connectivity index (χ3v) is 6.04. The number of nitrogens with zero attached hydrogens (tertiary/aromatic N) is 3. The van der Waals surface area contributed by atoms with Gasteiger partial charge in [-0.05, 0) is 49.2 Å². The van der Waals surface area contributed by atoms with E-state index in [1.54, 1.807) is 6.07 Å². The molecule has 2 aromatic carbocycles. The molecule has 1 aromatic heterocycles. The molecule has 1 aliphatic rings. The molecule has 1 N–H and O–H groups in total. The maximum absolute atomic E-state index is 6.44. The monoisotopic (exact) mass is 402 g/mol. The van der Waals surface area contributed by atoms with Crippen LogP contribution in [0.25, 0.3) is 10.9 Å². The minimum atomic E-state index is 0.0222. The Kier molecular flexibility index (Phi) is 5.31. The number of halogens is 2. The van der Waals surface area contributed by atoms with E-state index in [0.717, 1.165) is 42.5 Å². The van der Waals surface area contributed by atoms with Crippen LogP contribution in [0.1, 0.15) is 31.9 Å². The largest absolute Gasteiger partial charge is 0.369 e. The summed E-state index contributed by atoms with van der Waals surface area (Å²) in [5, 5.41) is 10.7. The summed E-state index contributed by atoms with van der Waals surface area (Å²) in [6, 6.07) is 12.8. The second-order valence-corrected chi connectivity index (χ2v) is 8.02. The molecule has 2 heterocycles. The number of anilines is 1. The van der Waals surface area contributed by atoms with Crippen molar-refractivity contribution < 1.29 is 0 Å². The molecule has 0 amide bonds. The van der Waals surface area contributed by atoms with E-state index in [1.165, 1.54) is 5.69 Å². The van der Waals surface area contributed by atoms with Crippen molar-refractivity contribution in [1.82, 2.24) is 15.1 Å². The zero-order valence-corrected chi connectivity index (χ0v) is 17.1. The van der Waals surface area contributed by atoms with Crippen molar-refractivity contribution in [3.63, 3.8) is 0 Å². The highest BCUT2D eigenvalue weighted by Crippen LogP contribution is 2.31. The van der Waals surface area contributed by atoms with E-state index in [4.69, 9.17) is 23.2 Å². The summed E-state index contributed by atoms with van der Waals surface area (Å²) in [6.07, 6.45) is 3.06. The van der Waals surface area contributed by atoms with E-state index in [2.05, 4.69) is 47.4 Å². The second kappa shape index (κ2) is 7.70. The van der Waals surface area contributed by atoms with Crippen molar-refractivity contribution in [2.45, 2.75) is 32.4 Å². The molecule has 0 radical (unpaired) electrons. The molecule has 0 spiro atoms. The fourth-order valence-corrected chi connectivity index (χ4v) is 4.40. The lowest BCUT2D eigenvalue weighted by Crippen LogP contribution is -2.50. The molecule has 0 bridgehead atoms. The zero-order valence-electron chi connectivity index (χ0n) is 15.6. The lowest BCUT2D eigenvalue weighted by molar-refractivity contribution is 0.447. The van der Waals surface area contributed by atoms with Crippen LogP contribution in [-0.4, -0.2) is 35.5 Å². The Morgan fingerprint density at radius 2 is 2.07 bits per heavy atom. The van der Waals surface area contributed by atoms with Crippen molar-refractivity contribution in [3.05, 3.63) is 58.2 Å². The van der Waals surface area contributed by atoms with Crippen LogP contribution >= 0.6 is 23.2 Å². The van der Waals surface area contributed by atoms with Gasteiger partial charge in [0.15, 0.2) is 0 Å². The summed E-state index contributed by atoms with van der Waals surface area (Å²) in [5.41, 5.74) is 3.39. The van der Waals surface area contributed by atoms with Crippen LogP contribution in [0.15, 0.2) is 42.6 Å². The Hall–Kier alpha value is -1.75. The maximum atomic E-state index is 6.44. The fraction of sp³-hybridized carbons (Fsp3) is 0.381. The molecule has 27 heavy (non-hydrogen) atoms. The molecule has 1 saturated heterocycles. The molecule has 1 fully saturated rings. The van der Waals surface area contributed by atoms with Crippen molar-refractivity contribution >= 4 is 39.8 Å². The molecule has 1 unspecified atom stereocenters. The van der Waals surface area contributed by atoms with Gasteiger partial charge in [0.2, 0.25) is 0 Å². The summed E-state index contributed by atoms with van der Waals surface area (Å²) >= 11 is 12.5. The Bertz CT molecular complexity index is 953. The Balaban J connectivity index is 1.70. The summed E-state index contributed by atoms with van der Waals surface area (Å²) in [4.78, 5) is 2.46. The Morgan fingerprint density at radius 3 is 2.85 bits per heavy atom. The highest BCUT2D eigenvalue weighted by atomic mass is 35.5. The summed E-state index contributed by atoms with van der Waals surface area (Å²) in [5.74, 6) is 0. The molecule has 4 rings (SSSR count). The summed E-state index contributed by atoms with van der Waals surface area (Å²) in [6.45, 7) is 7.43. The minimum absolute atomic E-state index is 0.0222. The van der Waals surface area contributed by atoms with E-state index in [9.17, 15) is 0 Å². The number of hydrogen-bond donors (Lipinski definition) is 1. The second-order valence-electron chi connectivity index (χ2n) is 7.18. The number of piperazine rings is 1. The van der Waals surface area contributed by atoms with Gasteiger partial charge in [-0.2, -0.15) is 5.10 Å². The third-order valence-electron chi connectivity index (χ3n) is 5.47. The van der Waals surface area contributed by atoms with E-state index >= 15 is 0 Å². The van der Waals surface area contributed by atoms with Gasteiger partial charge in [-0.15, -0.1) is 0 Å². The number of fused-ring (bicyclic) bond motifs is 1. The van der Waals surface area contributed by atoms with E-state index in [0.29, 0.717) is 16.1 Å². The molecule has 4 nitrogen and oxygen atoms in total. The van der Waals surface area contributed by atoms with Gasteiger partial charge in [-0.25, -0.2) is 0 Å². The topological polar surface area (TPSA) is 33.1 Å². The lowest BCUT2D eigenvalue weighted by atomic mass is 10.1. The Morgan fingerprint density at radius 1 is 1.22 bits per heavy atom. The molecular formula is C21H24Cl2N4. The standard InChI is InChI=1S/C21H24Cl2N4/c1-3-17-13-26(9-8-24-17)18-6-4-15-12-25-27(21(15)11-18)14(2)19-7-5-16(22)10-20(19)23/h4-7,10-12,14,17,24H,3,8-9,13H2,1-2H3/t14?,17-/m1/s1. The quantitative estimate of drug-likeness (QED) is 0.655. The molecule has 3 aromatic rings. The van der Waals surface area contributed by atoms with Gasteiger partial charge in [-0.3, -0.25) is 4.68 Å². The predicted molar refractivity (Wildman–Crippen MR) is 114 cm³/mol. The Labute approximate surface area is 170 Å². The van der Waals surface area contributed by atoms with Gasteiger partial charge < -0.3 is 10.2 Å². The average Bonchev–Trinajstić information content (AvgIpc) is 3.11.